The van der Waals surface area contributed by atoms with E-state index in [-0.39, 0.29) is 0 Å². The molecule has 0 aromatic heterocycles. The van der Waals surface area contributed by atoms with E-state index in [0.29, 0.717) is 6.92 Å². The number of hydrogen-bond donors (Lipinski definition) is 0. The fraction of sp³-hybridized carbons (Fsp3) is 0.727. The van der Waals surface area contributed by atoms with E-state index < -0.39 is 48.0 Å². The number of carbonyl (C=O) groups is 1. The van der Waals surface area contributed by atoms with Crippen molar-refractivity contribution in [3.63, 3.8) is 0 Å². The van der Waals surface area contributed by atoms with E-state index in [1.54, 1.807) is 0 Å². The maximum absolute atomic E-state index is 14.2. The van der Waals surface area contributed by atoms with Crippen LogP contribution in [-0.4, -0.2) is 42.4 Å². The van der Waals surface area contributed by atoms with Gasteiger partial charge in [0.1, 0.15) is 0 Å². The summed E-state index contributed by atoms with van der Waals surface area (Å²) in [5.41, 5.74) is -3.81. The Labute approximate surface area is 124 Å². The molecule has 0 spiro atoms. The van der Waals surface area contributed by atoms with Crippen LogP contribution in [0.25, 0.3) is 0 Å². The lowest BCUT2D eigenvalue weighted by atomic mass is 9.94. The molecular weight excluding hydrogens is 348 g/mol. The number of carbonyl (C=O) groups excluding carboxylic acids is 1. The molecule has 0 bridgehead atoms. The van der Waals surface area contributed by atoms with Crippen molar-refractivity contribution < 1.29 is 54.1 Å². The Morgan fingerprint density at radius 2 is 1.65 bits per heavy atom. The maximum atomic E-state index is 14.2. The fourth-order valence-electron chi connectivity index (χ4n) is 1.73. The van der Waals surface area contributed by atoms with Crippen LogP contribution in [0.1, 0.15) is 13.8 Å². The van der Waals surface area contributed by atoms with Gasteiger partial charge in [0.15, 0.2) is 0 Å². The molecule has 1 fully saturated rings. The van der Waals surface area contributed by atoms with E-state index in [4.69, 9.17) is 0 Å². The SMILES string of the molecule is C=C(C)C(=O)OC1(C)COC(OC(F)(F)F)(C(F)(F)F)C1(F)F. The number of halogens is 8. The number of rotatable bonds is 3. The van der Waals surface area contributed by atoms with Crippen LogP contribution in [0.2, 0.25) is 0 Å². The molecule has 0 aliphatic carbocycles. The number of ether oxygens (including phenoxy) is 3. The molecule has 2 atom stereocenters. The molecule has 1 aliphatic heterocycles. The van der Waals surface area contributed by atoms with Crippen LogP contribution in [0.3, 0.4) is 0 Å². The molecule has 0 aromatic rings. The molecule has 2 unspecified atom stereocenters. The number of hydrogen-bond acceptors (Lipinski definition) is 4. The Balaban J connectivity index is 3.37. The van der Waals surface area contributed by atoms with Gasteiger partial charge in [-0.1, -0.05) is 6.58 Å². The van der Waals surface area contributed by atoms with Gasteiger partial charge in [0, 0.05) is 5.57 Å². The van der Waals surface area contributed by atoms with Gasteiger partial charge in [-0.05, 0) is 13.8 Å². The molecule has 12 heteroatoms. The van der Waals surface area contributed by atoms with Gasteiger partial charge in [-0.15, -0.1) is 13.2 Å². The molecular formula is C11H10F8O4. The Kier molecular flexibility index (Phi) is 4.52. The van der Waals surface area contributed by atoms with Crippen LogP contribution >= 0.6 is 0 Å². The molecule has 0 aromatic carbocycles. The predicted octanol–water partition coefficient (Wildman–Crippen LogP) is 3.32. The largest absolute Gasteiger partial charge is 0.525 e. The summed E-state index contributed by atoms with van der Waals surface area (Å²) in [6, 6.07) is 0. The topological polar surface area (TPSA) is 44.8 Å². The molecule has 4 nitrogen and oxygen atoms in total. The zero-order valence-corrected chi connectivity index (χ0v) is 11.6. The summed E-state index contributed by atoms with van der Waals surface area (Å²) in [5.74, 6) is -12.3. The van der Waals surface area contributed by atoms with Gasteiger partial charge in [-0.25, -0.2) is 9.53 Å². The molecule has 134 valence electrons. The van der Waals surface area contributed by atoms with Crippen molar-refractivity contribution >= 4 is 5.97 Å². The molecule has 1 heterocycles. The Morgan fingerprint density at radius 1 is 1.17 bits per heavy atom. The highest BCUT2D eigenvalue weighted by atomic mass is 19.4. The van der Waals surface area contributed by atoms with Crippen molar-refractivity contribution in [3.8, 4) is 0 Å². The predicted molar refractivity (Wildman–Crippen MR) is 56.1 cm³/mol. The minimum absolute atomic E-state index is 0.293. The lowest BCUT2D eigenvalue weighted by Gasteiger charge is -2.38. The highest BCUT2D eigenvalue weighted by molar-refractivity contribution is 5.87. The second-order valence-corrected chi connectivity index (χ2v) is 4.93. The van der Waals surface area contributed by atoms with Gasteiger partial charge in [0.05, 0.1) is 6.61 Å². The molecule has 0 radical (unpaired) electrons. The van der Waals surface area contributed by atoms with Crippen LogP contribution < -0.4 is 0 Å². The molecule has 23 heavy (non-hydrogen) atoms. The van der Waals surface area contributed by atoms with Gasteiger partial charge < -0.3 is 9.47 Å². The van der Waals surface area contributed by atoms with Crippen molar-refractivity contribution in [2.45, 2.75) is 43.7 Å². The van der Waals surface area contributed by atoms with Crippen molar-refractivity contribution in [2.24, 2.45) is 0 Å². The highest BCUT2D eigenvalue weighted by Crippen LogP contribution is 2.58. The Bertz CT molecular complexity index is 511. The first-order valence-corrected chi connectivity index (χ1v) is 5.73. The van der Waals surface area contributed by atoms with Crippen molar-refractivity contribution in [1.29, 1.82) is 0 Å². The maximum Gasteiger partial charge on any atom is 0.525 e. The van der Waals surface area contributed by atoms with Crippen molar-refractivity contribution in [2.75, 3.05) is 6.61 Å². The van der Waals surface area contributed by atoms with E-state index in [1.807, 2.05) is 0 Å². The summed E-state index contributed by atoms with van der Waals surface area (Å²) < 4.78 is 114. The molecule has 0 saturated carbocycles. The van der Waals surface area contributed by atoms with Crippen LogP contribution in [0.5, 0.6) is 0 Å². The zero-order valence-electron chi connectivity index (χ0n) is 11.6. The summed E-state index contributed by atoms with van der Waals surface area (Å²) in [6.45, 7) is 2.64. The van der Waals surface area contributed by atoms with Gasteiger partial charge in [-0.2, -0.15) is 22.0 Å². The fourth-order valence-corrected chi connectivity index (χ4v) is 1.73. The minimum Gasteiger partial charge on any atom is -0.447 e. The monoisotopic (exact) mass is 358 g/mol. The van der Waals surface area contributed by atoms with Crippen LogP contribution in [0.4, 0.5) is 35.1 Å². The van der Waals surface area contributed by atoms with E-state index >= 15 is 0 Å². The second kappa shape index (κ2) is 5.30. The summed E-state index contributed by atoms with van der Waals surface area (Å²) in [7, 11) is 0. The van der Waals surface area contributed by atoms with Crippen LogP contribution in [-0.2, 0) is 19.0 Å². The highest BCUT2D eigenvalue weighted by Gasteiger charge is 2.86. The average Bonchev–Trinajstić information content (AvgIpc) is 2.48. The first-order chi connectivity index (χ1) is 9.99. The summed E-state index contributed by atoms with van der Waals surface area (Å²) in [4.78, 5) is 11.3. The zero-order chi connectivity index (χ0) is 18.5. The van der Waals surface area contributed by atoms with Crippen LogP contribution in [0.15, 0.2) is 12.2 Å². The normalized spacial score (nSPS) is 31.0. The lowest BCUT2D eigenvalue weighted by Crippen LogP contribution is -2.66. The summed E-state index contributed by atoms with van der Waals surface area (Å²) in [6.07, 6.45) is -12.4. The minimum atomic E-state index is -6.28. The number of alkyl halides is 8. The van der Waals surface area contributed by atoms with E-state index in [9.17, 15) is 39.9 Å². The molecule has 0 amide bonds. The number of esters is 1. The van der Waals surface area contributed by atoms with Crippen LogP contribution in [0, 0.1) is 0 Å². The van der Waals surface area contributed by atoms with Gasteiger partial charge >= 0.3 is 30.2 Å². The molecule has 1 saturated heterocycles. The summed E-state index contributed by atoms with van der Waals surface area (Å²) in [5, 5.41) is 0. The Morgan fingerprint density at radius 3 is 2.00 bits per heavy atom. The molecule has 1 rings (SSSR count). The van der Waals surface area contributed by atoms with E-state index in [0.717, 1.165) is 6.92 Å². The summed E-state index contributed by atoms with van der Waals surface area (Å²) >= 11 is 0. The van der Waals surface area contributed by atoms with E-state index in [1.165, 1.54) is 0 Å². The smallest absolute Gasteiger partial charge is 0.447 e. The lowest BCUT2D eigenvalue weighted by molar-refractivity contribution is -0.501. The quantitative estimate of drug-likeness (QED) is 0.441. The standard InChI is InChI=1S/C11H10F8O4/c1-5(2)6(20)22-7(3)4-21-9(8(7,12)13,10(14,15)16)23-11(17,18)19/h1,4H2,2-3H3. The third kappa shape index (κ3) is 3.13. The Hall–Kier alpha value is -1.43. The van der Waals surface area contributed by atoms with Crippen molar-refractivity contribution in [1.82, 2.24) is 0 Å². The first kappa shape index (κ1) is 19.6. The van der Waals surface area contributed by atoms with Gasteiger partial charge in [0.2, 0.25) is 5.60 Å². The third-order valence-electron chi connectivity index (χ3n) is 2.93. The third-order valence-corrected chi connectivity index (χ3v) is 2.93. The van der Waals surface area contributed by atoms with Crippen molar-refractivity contribution in [3.05, 3.63) is 12.2 Å². The van der Waals surface area contributed by atoms with E-state index in [2.05, 4.69) is 20.8 Å². The molecule has 0 N–H and O–H groups in total. The first-order valence-electron chi connectivity index (χ1n) is 5.73. The molecule has 1 aliphatic rings. The van der Waals surface area contributed by atoms with Gasteiger partial charge in [-0.3, -0.25) is 0 Å². The average molecular weight is 358 g/mol. The second-order valence-electron chi connectivity index (χ2n) is 4.93. The van der Waals surface area contributed by atoms with Gasteiger partial charge in [0.25, 0.3) is 0 Å².